The Morgan fingerprint density at radius 3 is 2.08 bits per heavy atom. The fraction of sp³-hybridized carbons (Fsp3) is 0. The van der Waals surface area contributed by atoms with Gasteiger partial charge >= 0.3 is 45.9 Å². The minimum Gasteiger partial charge on any atom is 1.00 e. The van der Waals surface area contributed by atoms with E-state index in [1.54, 1.807) is 0 Å². The van der Waals surface area contributed by atoms with Crippen molar-refractivity contribution in [3.63, 3.8) is 0 Å². The molecule has 0 aliphatic rings. The molecule has 0 amide bonds. The van der Waals surface area contributed by atoms with E-state index < -0.39 is 0 Å². The topological polar surface area (TPSA) is 0 Å². The first kappa shape index (κ1) is 19.0. The number of halogens is 3. The van der Waals surface area contributed by atoms with Crippen molar-refractivity contribution in [1.29, 1.82) is 0 Å². The Bertz CT molecular complexity index is 181. The van der Waals surface area contributed by atoms with E-state index >= 15 is 0 Å². The molecule has 0 aliphatic carbocycles. The molecule has 0 aliphatic heterocycles. The standard InChI is InChI=1S/C7H6Br.2ClH.Li.Zn/c1-6-3-2-4-7(8)5-6;;;;/h2-5H,1H2;2*1H;;/q-1;;;+1;+2/p-2. The summed E-state index contributed by atoms with van der Waals surface area (Å²) in [5.41, 5.74) is 1.04. The number of hydrogen-bond acceptors (Lipinski definition) is 0. The van der Waals surface area contributed by atoms with Gasteiger partial charge in [-0.2, -0.15) is 18.6 Å². The molecule has 0 unspecified atom stereocenters. The van der Waals surface area contributed by atoms with E-state index in [1.807, 2.05) is 24.3 Å². The summed E-state index contributed by atoms with van der Waals surface area (Å²) in [5, 5.41) is 0. The second-order valence-electron chi connectivity index (χ2n) is 1.63. The van der Waals surface area contributed by atoms with Crippen LogP contribution in [-0.4, -0.2) is 0 Å². The molecule has 1 aromatic carbocycles. The van der Waals surface area contributed by atoms with Gasteiger partial charge in [0, 0.05) is 0 Å². The van der Waals surface area contributed by atoms with Crippen molar-refractivity contribution in [3.8, 4) is 0 Å². The Morgan fingerprint density at radius 2 is 1.83 bits per heavy atom. The molecule has 0 saturated heterocycles. The smallest absolute Gasteiger partial charge is 1.00 e. The first-order valence-corrected chi connectivity index (χ1v) is 7.32. The summed E-state index contributed by atoms with van der Waals surface area (Å²) in [5.74, 6) is 0. The van der Waals surface area contributed by atoms with Crippen molar-refractivity contribution < 1.29 is 48.6 Å². The molecule has 0 bridgehead atoms. The van der Waals surface area contributed by atoms with Crippen LogP contribution in [0.4, 0.5) is 0 Å². The molecule has 5 heteroatoms. The molecular weight excluding hydrogens is 307 g/mol. The average Bonchev–Trinajstić information content (AvgIpc) is 1.91. The van der Waals surface area contributed by atoms with E-state index in [1.165, 1.54) is 0 Å². The molecule has 1 aromatic rings. The first-order chi connectivity index (χ1) is 4.79. The molecule has 0 aromatic heterocycles. The van der Waals surface area contributed by atoms with Gasteiger partial charge in [0.1, 0.15) is 0 Å². The Kier molecular flexibility index (Phi) is 19.6. The van der Waals surface area contributed by atoms with Gasteiger partial charge in [0.25, 0.3) is 0 Å². The van der Waals surface area contributed by atoms with Crippen molar-refractivity contribution in [3.05, 3.63) is 41.2 Å². The van der Waals surface area contributed by atoms with E-state index in [0.717, 1.165) is 27.3 Å². The van der Waals surface area contributed by atoms with E-state index in [2.05, 4.69) is 22.9 Å². The molecular formula is C7H6BrCl2LiZn. The summed E-state index contributed by atoms with van der Waals surface area (Å²) in [6, 6.07) is 7.88. The summed E-state index contributed by atoms with van der Waals surface area (Å²) in [4.78, 5) is 0. The Balaban J connectivity index is -0.000000189. The third-order valence-electron chi connectivity index (χ3n) is 0.889. The van der Waals surface area contributed by atoms with Gasteiger partial charge in [-0.3, -0.25) is 0 Å². The SMILES string of the molecule is [CH2-]c1cccc(Br)c1.[Cl-].[Cl][Zn+].[Li+]. The molecule has 0 heterocycles. The van der Waals surface area contributed by atoms with E-state index in [-0.39, 0.29) is 31.3 Å². The quantitative estimate of drug-likeness (QED) is 0.362. The fourth-order valence-corrected chi connectivity index (χ4v) is 0.984. The Morgan fingerprint density at radius 1 is 1.33 bits per heavy atom. The van der Waals surface area contributed by atoms with Crippen LogP contribution in [0.3, 0.4) is 0 Å². The van der Waals surface area contributed by atoms with Crippen LogP contribution < -0.4 is 31.3 Å². The minimum absolute atomic E-state index is 0. The van der Waals surface area contributed by atoms with Crippen molar-refractivity contribution in [2.24, 2.45) is 0 Å². The van der Waals surface area contributed by atoms with Crippen LogP contribution in [0, 0.1) is 6.92 Å². The molecule has 58 valence electrons. The summed E-state index contributed by atoms with van der Waals surface area (Å²) in [6.45, 7) is 3.75. The summed E-state index contributed by atoms with van der Waals surface area (Å²) >= 11 is 4.17. The predicted octanol–water partition coefficient (Wildman–Crippen LogP) is -2.67. The van der Waals surface area contributed by atoms with Crippen LogP contribution >= 0.6 is 25.6 Å². The monoisotopic (exact) mass is 310 g/mol. The molecule has 0 fully saturated rings. The normalized spacial score (nSPS) is 6.67. The van der Waals surface area contributed by atoms with Crippen LogP contribution in [0.2, 0.25) is 0 Å². The maximum atomic E-state index is 4.76. The third-order valence-corrected chi connectivity index (χ3v) is 1.38. The molecule has 0 N–H and O–H groups in total. The average molecular weight is 313 g/mol. The van der Waals surface area contributed by atoms with Gasteiger partial charge in [0.05, 0.1) is 0 Å². The van der Waals surface area contributed by atoms with Crippen LogP contribution in [0.25, 0.3) is 0 Å². The molecule has 0 atom stereocenters. The van der Waals surface area contributed by atoms with Crippen molar-refractivity contribution in [1.82, 2.24) is 0 Å². The largest absolute Gasteiger partial charge is 1.00 e. The number of hydrogen-bond donors (Lipinski definition) is 0. The van der Waals surface area contributed by atoms with Crippen LogP contribution in [0.5, 0.6) is 0 Å². The Hall–Kier alpha value is 1.37. The molecule has 0 spiro atoms. The summed E-state index contributed by atoms with van der Waals surface area (Å²) < 4.78 is 1.09. The van der Waals surface area contributed by atoms with Crippen molar-refractivity contribution >= 4 is 25.6 Å². The maximum absolute atomic E-state index is 4.76. The van der Waals surface area contributed by atoms with Gasteiger partial charge in [-0.25, -0.2) is 0 Å². The van der Waals surface area contributed by atoms with Gasteiger partial charge < -0.3 is 12.4 Å². The molecule has 1 rings (SSSR count). The summed E-state index contributed by atoms with van der Waals surface area (Å²) in [6.07, 6.45) is 0. The zero-order chi connectivity index (χ0) is 7.98. The molecule has 12 heavy (non-hydrogen) atoms. The van der Waals surface area contributed by atoms with Crippen LogP contribution in [0.15, 0.2) is 28.7 Å². The molecule has 0 radical (unpaired) electrons. The van der Waals surface area contributed by atoms with Gasteiger partial charge in [0.15, 0.2) is 0 Å². The zero-order valence-corrected chi connectivity index (χ0v) is 12.9. The Labute approximate surface area is 114 Å². The maximum Gasteiger partial charge on any atom is 1.00 e. The minimum atomic E-state index is 0. The van der Waals surface area contributed by atoms with Crippen LogP contribution in [0.1, 0.15) is 5.56 Å². The van der Waals surface area contributed by atoms with E-state index in [9.17, 15) is 0 Å². The van der Waals surface area contributed by atoms with E-state index in [4.69, 9.17) is 9.69 Å². The van der Waals surface area contributed by atoms with Crippen LogP contribution in [-0.2, 0) is 17.3 Å². The second-order valence-corrected chi connectivity index (χ2v) is 2.55. The zero-order valence-electron chi connectivity index (χ0n) is 6.86. The van der Waals surface area contributed by atoms with Gasteiger partial charge in [-0.05, 0) is 4.47 Å². The summed E-state index contributed by atoms with van der Waals surface area (Å²) in [7, 11) is 4.76. The van der Waals surface area contributed by atoms with Crippen molar-refractivity contribution in [2.45, 2.75) is 0 Å². The number of benzene rings is 1. The van der Waals surface area contributed by atoms with Gasteiger partial charge in [-0.15, -0.1) is 12.1 Å². The third kappa shape index (κ3) is 9.46. The fourth-order valence-electron chi connectivity index (χ4n) is 0.537. The predicted molar refractivity (Wildman–Crippen MR) is 44.5 cm³/mol. The first-order valence-electron chi connectivity index (χ1n) is 2.63. The molecule has 0 nitrogen and oxygen atoms in total. The second kappa shape index (κ2) is 12.4. The number of rotatable bonds is 0. The van der Waals surface area contributed by atoms with Gasteiger partial charge in [0.2, 0.25) is 0 Å². The molecule has 0 saturated carbocycles. The van der Waals surface area contributed by atoms with Crippen molar-refractivity contribution in [2.75, 3.05) is 0 Å². The van der Waals surface area contributed by atoms with E-state index in [0.29, 0.717) is 0 Å². The van der Waals surface area contributed by atoms with Gasteiger partial charge in [-0.1, -0.05) is 22.0 Å².